The summed E-state index contributed by atoms with van der Waals surface area (Å²) >= 11 is 0. The molecular formula is C16H24N2O. The molecule has 3 heteroatoms. The molecule has 0 unspecified atom stereocenters. The number of nitrogens with one attached hydrogen (secondary N) is 1. The lowest BCUT2D eigenvalue weighted by Gasteiger charge is -2.25. The van der Waals surface area contributed by atoms with Gasteiger partial charge in [0.25, 0.3) is 0 Å². The minimum atomic E-state index is -0.271. The van der Waals surface area contributed by atoms with E-state index in [1.807, 2.05) is 6.07 Å². The van der Waals surface area contributed by atoms with Gasteiger partial charge in [0.2, 0.25) is 5.91 Å². The maximum absolute atomic E-state index is 12.2. The fourth-order valence-electron chi connectivity index (χ4n) is 2.90. The van der Waals surface area contributed by atoms with E-state index in [9.17, 15) is 4.79 Å². The quantitative estimate of drug-likeness (QED) is 0.771. The van der Waals surface area contributed by atoms with Gasteiger partial charge < -0.3 is 11.1 Å². The highest BCUT2D eigenvalue weighted by molar-refractivity contribution is 5.83. The number of carbonyl (C=O) groups excluding carboxylic acids is 1. The molecule has 1 aliphatic carbocycles. The highest BCUT2D eigenvalue weighted by atomic mass is 16.2. The molecule has 0 spiro atoms. The Labute approximate surface area is 115 Å². The largest absolute Gasteiger partial charge is 0.356 e. The van der Waals surface area contributed by atoms with Crippen molar-refractivity contribution in [1.82, 2.24) is 5.32 Å². The molecule has 0 radical (unpaired) electrons. The van der Waals surface area contributed by atoms with Gasteiger partial charge in [-0.1, -0.05) is 43.2 Å². The van der Waals surface area contributed by atoms with Gasteiger partial charge in [-0.15, -0.1) is 0 Å². The van der Waals surface area contributed by atoms with Crippen LogP contribution >= 0.6 is 0 Å². The van der Waals surface area contributed by atoms with E-state index in [4.69, 9.17) is 5.73 Å². The van der Waals surface area contributed by atoms with Crippen LogP contribution < -0.4 is 11.1 Å². The van der Waals surface area contributed by atoms with Crippen LogP contribution in [0.3, 0.4) is 0 Å². The first-order valence-corrected chi connectivity index (χ1v) is 7.29. The number of aryl methyl sites for hydroxylation is 1. The number of benzene rings is 1. The number of amides is 1. The van der Waals surface area contributed by atoms with Gasteiger partial charge in [0, 0.05) is 13.1 Å². The summed E-state index contributed by atoms with van der Waals surface area (Å²) in [6.07, 6.45) is 6.17. The van der Waals surface area contributed by atoms with Gasteiger partial charge in [0.05, 0.1) is 5.41 Å². The molecule has 1 saturated carbocycles. The Morgan fingerprint density at radius 2 is 1.89 bits per heavy atom. The van der Waals surface area contributed by atoms with Crippen LogP contribution in [0, 0.1) is 5.41 Å². The van der Waals surface area contributed by atoms with E-state index in [1.165, 1.54) is 5.56 Å². The molecule has 104 valence electrons. The molecule has 3 N–H and O–H groups in total. The number of nitrogens with two attached hydrogens (primary N) is 1. The second kappa shape index (κ2) is 6.71. The standard InChI is InChI=1S/C16H24N2O/c17-13-16(10-4-5-11-16)15(19)18-12-6-9-14-7-2-1-3-8-14/h1-3,7-8H,4-6,9-13,17H2,(H,18,19). The van der Waals surface area contributed by atoms with Gasteiger partial charge in [0.1, 0.15) is 0 Å². The molecule has 1 aliphatic rings. The van der Waals surface area contributed by atoms with Crippen molar-refractivity contribution in [2.24, 2.45) is 11.1 Å². The average molecular weight is 260 g/mol. The second-order valence-electron chi connectivity index (χ2n) is 5.54. The summed E-state index contributed by atoms with van der Waals surface area (Å²) < 4.78 is 0. The molecular weight excluding hydrogens is 236 g/mol. The molecule has 0 aliphatic heterocycles. The SMILES string of the molecule is NCC1(C(=O)NCCCc2ccccc2)CCCC1. The number of carbonyl (C=O) groups is 1. The minimum Gasteiger partial charge on any atom is -0.356 e. The molecule has 19 heavy (non-hydrogen) atoms. The zero-order chi connectivity index (χ0) is 13.6. The van der Waals surface area contributed by atoms with Crippen molar-refractivity contribution >= 4 is 5.91 Å². The predicted octanol–water partition coefficient (Wildman–Crippen LogP) is 2.25. The van der Waals surface area contributed by atoms with Crippen molar-refractivity contribution in [2.75, 3.05) is 13.1 Å². The highest BCUT2D eigenvalue weighted by Crippen LogP contribution is 2.37. The third-order valence-corrected chi connectivity index (χ3v) is 4.20. The second-order valence-corrected chi connectivity index (χ2v) is 5.54. The summed E-state index contributed by atoms with van der Waals surface area (Å²) in [4.78, 5) is 12.2. The van der Waals surface area contributed by atoms with Crippen LogP contribution in [0.5, 0.6) is 0 Å². The molecule has 1 aromatic carbocycles. The summed E-state index contributed by atoms with van der Waals surface area (Å²) in [6, 6.07) is 10.4. The monoisotopic (exact) mass is 260 g/mol. The van der Waals surface area contributed by atoms with Gasteiger partial charge in [-0.3, -0.25) is 4.79 Å². The fraction of sp³-hybridized carbons (Fsp3) is 0.562. The summed E-state index contributed by atoms with van der Waals surface area (Å²) in [5.41, 5.74) is 6.86. The van der Waals surface area contributed by atoms with E-state index >= 15 is 0 Å². The maximum atomic E-state index is 12.2. The van der Waals surface area contributed by atoms with Gasteiger partial charge in [-0.05, 0) is 31.2 Å². The normalized spacial score (nSPS) is 17.3. The van der Waals surface area contributed by atoms with E-state index in [-0.39, 0.29) is 11.3 Å². The van der Waals surface area contributed by atoms with Crippen LogP contribution in [-0.4, -0.2) is 19.0 Å². The van der Waals surface area contributed by atoms with Gasteiger partial charge in [0.15, 0.2) is 0 Å². The molecule has 0 aromatic heterocycles. The summed E-state index contributed by atoms with van der Waals surface area (Å²) in [5, 5.41) is 3.07. The smallest absolute Gasteiger partial charge is 0.227 e. The molecule has 1 amide bonds. The number of hydrogen-bond donors (Lipinski definition) is 2. The lowest BCUT2D eigenvalue weighted by atomic mass is 9.85. The Morgan fingerprint density at radius 1 is 1.21 bits per heavy atom. The van der Waals surface area contributed by atoms with Crippen LogP contribution in [0.4, 0.5) is 0 Å². The zero-order valence-electron chi connectivity index (χ0n) is 11.5. The van der Waals surface area contributed by atoms with Crippen molar-refractivity contribution in [3.63, 3.8) is 0 Å². The Bertz CT molecular complexity index is 396. The Morgan fingerprint density at radius 3 is 2.53 bits per heavy atom. The van der Waals surface area contributed by atoms with Crippen LogP contribution in [0.15, 0.2) is 30.3 Å². The predicted molar refractivity (Wildman–Crippen MR) is 77.7 cm³/mol. The molecule has 0 heterocycles. The van der Waals surface area contributed by atoms with Crippen molar-refractivity contribution < 1.29 is 4.79 Å². The van der Waals surface area contributed by atoms with Crippen molar-refractivity contribution in [3.05, 3.63) is 35.9 Å². The third-order valence-electron chi connectivity index (χ3n) is 4.20. The van der Waals surface area contributed by atoms with Crippen molar-refractivity contribution in [1.29, 1.82) is 0 Å². The molecule has 1 fully saturated rings. The van der Waals surface area contributed by atoms with Gasteiger partial charge >= 0.3 is 0 Å². The Balaban J connectivity index is 1.72. The average Bonchev–Trinajstić information content (AvgIpc) is 2.94. The molecule has 2 rings (SSSR count). The molecule has 1 aromatic rings. The maximum Gasteiger partial charge on any atom is 0.227 e. The molecule has 3 nitrogen and oxygen atoms in total. The van der Waals surface area contributed by atoms with Crippen LogP contribution in [-0.2, 0) is 11.2 Å². The zero-order valence-corrected chi connectivity index (χ0v) is 11.5. The van der Waals surface area contributed by atoms with Gasteiger partial charge in [-0.2, -0.15) is 0 Å². The first-order valence-electron chi connectivity index (χ1n) is 7.29. The minimum absolute atomic E-state index is 0.167. The highest BCUT2D eigenvalue weighted by Gasteiger charge is 2.39. The summed E-state index contributed by atoms with van der Waals surface area (Å²) in [7, 11) is 0. The van der Waals surface area contributed by atoms with Crippen LogP contribution in [0.1, 0.15) is 37.7 Å². The Hall–Kier alpha value is -1.35. The van der Waals surface area contributed by atoms with Crippen molar-refractivity contribution in [3.8, 4) is 0 Å². The van der Waals surface area contributed by atoms with E-state index < -0.39 is 0 Å². The van der Waals surface area contributed by atoms with Gasteiger partial charge in [-0.25, -0.2) is 0 Å². The molecule has 0 saturated heterocycles. The number of rotatable bonds is 6. The van der Waals surface area contributed by atoms with E-state index in [0.717, 1.165) is 45.1 Å². The van der Waals surface area contributed by atoms with E-state index in [1.54, 1.807) is 0 Å². The lowest BCUT2D eigenvalue weighted by molar-refractivity contribution is -0.130. The summed E-state index contributed by atoms with van der Waals surface area (Å²) in [6.45, 7) is 1.23. The van der Waals surface area contributed by atoms with Crippen molar-refractivity contribution in [2.45, 2.75) is 38.5 Å². The first-order chi connectivity index (χ1) is 9.27. The summed E-state index contributed by atoms with van der Waals surface area (Å²) in [5.74, 6) is 0.167. The topological polar surface area (TPSA) is 55.1 Å². The van der Waals surface area contributed by atoms with E-state index in [0.29, 0.717) is 6.54 Å². The third kappa shape index (κ3) is 3.57. The fourth-order valence-corrected chi connectivity index (χ4v) is 2.90. The molecule has 0 atom stereocenters. The Kier molecular flexibility index (Phi) is 4.97. The molecule has 0 bridgehead atoms. The number of hydrogen-bond acceptors (Lipinski definition) is 2. The lowest BCUT2D eigenvalue weighted by Crippen LogP contribution is -2.44. The van der Waals surface area contributed by atoms with E-state index in [2.05, 4.69) is 29.6 Å². The van der Waals surface area contributed by atoms with Crippen LogP contribution in [0.2, 0.25) is 0 Å². The van der Waals surface area contributed by atoms with Crippen LogP contribution in [0.25, 0.3) is 0 Å². The first kappa shape index (κ1) is 14.1.